The second-order valence-corrected chi connectivity index (χ2v) is 6.53. The predicted octanol–water partition coefficient (Wildman–Crippen LogP) is 4.15. The summed E-state index contributed by atoms with van der Waals surface area (Å²) in [7, 11) is 0. The summed E-state index contributed by atoms with van der Waals surface area (Å²) < 4.78 is 1.05. The van der Waals surface area contributed by atoms with E-state index >= 15 is 0 Å². The third kappa shape index (κ3) is 2.43. The number of guanidine groups is 1. The molecule has 1 atom stereocenters. The van der Waals surface area contributed by atoms with Crippen LogP contribution in [0.1, 0.15) is 12.5 Å². The molecule has 5 heteroatoms. The van der Waals surface area contributed by atoms with Crippen LogP contribution in [0, 0.1) is 0 Å². The van der Waals surface area contributed by atoms with E-state index < -0.39 is 0 Å². The molecule has 1 unspecified atom stereocenters. The number of nitrogens with zero attached hydrogens (tertiary/aromatic N) is 2. The number of nitrogens with two attached hydrogens (primary N) is 1. The summed E-state index contributed by atoms with van der Waals surface area (Å²) in [5, 5.41) is 0.705. The van der Waals surface area contributed by atoms with Crippen molar-refractivity contribution in [2.75, 3.05) is 11.4 Å². The third-order valence-electron chi connectivity index (χ3n) is 3.81. The Morgan fingerprint density at radius 2 is 1.86 bits per heavy atom. The maximum atomic E-state index is 6.14. The Balaban J connectivity index is 2.10. The van der Waals surface area contributed by atoms with Gasteiger partial charge < -0.3 is 10.6 Å². The number of rotatable bonds is 2. The van der Waals surface area contributed by atoms with Crippen LogP contribution in [0.5, 0.6) is 0 Å². The summed E-state index contributed by atoms with van der Waals surface area (Å²) in [5.41, 5.74) is 7.96. The molecule has 1 heterocycles. The molecule has 3 nitrogen and oxygen atoms in total. The minimum atomic E-state index is -0.321. The molecule has 1 aliphatic rings. The molecule has 3 rings (SSSR count). The highest BCUT2D eigenvalue weighted by molar-refractivity contribution is 9.10. The summed E-state index contributed by atoms with van der Waals surface area (Å²) >= 11 is 9.61. The molecule has 2 aromatic rings. The van der Waals surface area contributed by atoms with Gasteiger partial charge in [-0.3, -0.25) is 4.99 Å². The molecule has 0 fully saturated rings. The van der Waals surface area contributed by atoms with E-state index in [1.807, 2.05) is 42.5 Å². The molecule has 0 saturated heterocycles. The molecule has 2 N–H and O–H groups in total. The van der Waals surface area contributed by atoms with Crippen molar-refractivity contribution >= 4 is 39.2 Å². The first kappa shape index (κ1) is 14.4. The minimum absolute atomic E-state index is 0.321. The summed E-state index contributed by atoms with van der Waals surface area (Å²) in [6.45, 7) is 2.76. The first-order chi connectivity index (χ1) is 10.0. The number of anilines is 1. The van der Waals surface area contributed by atoms with Crippen LogP contribution in [-0.4, -0.2) is 12.5 Å². The van der Waals surface area contributed by atoms with Gasteiger partial charge in [0.2, 0.25) is 0 Å². The van der Waals surface area contributed by atoms with E-state index in [4.69, 9.17) is 17.3 Å². The maximum absolute atomic E-state index is 6.14. The first-order valence-corrected chi connectivity index (χ1v) is 7.80. The van der Waals surface area contributed by atoms with Gasteiger partial charge in [0.15, 0.2) is 5.96 Å². The van der Waals surface area contributed by atoms with Crippen LogP contribution in [-0.2, 0) is 5.54 Å². The van der Waals surface area contributed by atoms with Crippen molar-refractivity contribution in [2.24, 2.45) is 10.7 Å². The lowest BCUT2D eigenvalue weighted by atomic mass is 9.90. The van der Waals surface area contributed by atoms with E-state index in [-0.39, 0.29) is 5.54 Å². The topological polar surface area (TPSA) is 41.6 Å². The second kappa shape index (κ2) is 5.35. The molecule has 0 bridgehead atoms. The normalized spacial score (nSPS) is 21.5. The van der Waals surface area contributed by atoms with E-state index in [9.17, 15) is 0 Å². The van der Waals surface area contributed by atoms with Crippen LogP contribution in [0.25, 0.3) is 0 Å². The summed E-state index contributed by atoms with van der Waals surface area (Å²) in [5.74, 6) is 0.524. The largest absolute Gasteiger partial charge is 0.369 e. The fourth-order valence-corrected chi connectivity index (χ4v) is 3.58. The monoisotopic (exact) mass is 363 g/mol. The average Bonchev–Trinajstić information content (AvgIpc) is 2.77. The third-order valence-corrected chi connectivity index (χ3v) is 4.75. The van der Waals surface area contributed by atoms with Crippen LogP contribution < -0.4 is 10.6 Å². The molecule has 108 valence electrons. The highest BCUT2D eigenvalue weighted by Crippen LogP contribution is 2.39. The fourth-order valence-electron chi connectivity index (χ4n) is 2.74. The highest BCUT2D eigenvalue weighted by Gasteiger charge is 2.41. The molecule has 0 aromatic heterocycles. The molecule has 0 amide bonds. The molecule has 0 spiro atoms. The molecule has 1 aliphatic heterocycles. The van der Waals surface area contributed by atoms with Gasteiger partial charge in [0.1, 0.15) is 0 Å². The van der Waals surface area contributed by atoms with Crippen LogP contribution >= 0.6 is 27.5 Å². The van der Waals surface area contributed by atoms with Crippen LogP contribution in [0.15, 0.2) is 58.0 Å². The number of benzene rings is 2. The zero-order chi connectivity index (χ0) is 15.0. The molecule has 0 aliphatic carbocycles. The molecular weight excluding hydrogens is 350 g/mol. The lowest BCUT2D eigenvalue weighted by molar-refractivity contribution is 0.530. The van der Waals surface area contributed by atoms with Crippen molar-refractivity contribution in [1.82, 2.24) is 0 Å². The van der Waals surface area contributed by atoms with Gasteiger partial charge in [-0.2, -0.15) is 0 Å². The average molecular weight is 365 g/mol. The van der Waals surface area contributed by atoms with Crippen LogP contribution in [0.3, 0.4) is 0 Å². The van der Waals surface area contributed by atoms with Gasteiger partial charge in [-0.05, 0) is 42.8 Å². The predicted molar refractivity (Wildman–Crippen MR) is 91.9 cm³/mol. The number of hydrogen-bond donors (Lipinski definition) is 1. The molecule has 2 aromatic carbocycles. The van der Waals surface area contributed by atoms with Gasteiger partial charge in [0.05, 0.1) is 12.1 Å². The molecule has 0 radical (unpaired) electrons. The van der Waals surface area contributed by atoms with E-state index in [1.165, 1.54) is 0 Å². The quantitative estimate of drug-likeness (QED) is 0.869. The van der Waals surface area contributed by atoms with Crippen molar-refractivity contribution < 1.29 is 0 Å². The van der Waals surface area contributed by atoms with E-state index in [1.54, 1.807) is 0 Å². The fraction of sp³-hybridized carbons (Fsp3) is 0.188. The van der Waals surface area contributed by atoms with Crippen molar-refractivity contribution in [2.45, 2.75) is 12.5 Å². The zero-order valence-corrected chi connectivity index (χ0v) is 13.9. The lowest BCUT2D eigenvalue weighted by Crippen LogP contribution is -2.48. The number of hydrogen-bond acceptors (Lipinski definition) is 3. The Labute approximate surface area is 137 Å². The Morgan fingerprint density at radius 3 is 2.52 bits per heavy atom. The van der Waals surface area contributed by atoms with E-state index in [2.05, 4.69) is 38.8 Å². The lowest BCUT2D eigenvalue weighted by Gasteiger charge is -2.37. The Kier molecular flexibility index (Phi) is 3.68. The van der Waals surface area contributed by atoms with Gasteiger partial charge in [0, 0.05) is 15.2 Å². The smallest absolute Gasteiger partial charge is 0.196 e. The van der Waals surface area contributed by atoms with Gasteiger partial charge in [-0.25, -0.2) is 0 Å². The minimum Gasteiger partial charge on any atom is -0.369 e. The molecular formula is C16H15BrClN3. The Hall–Kier alpha value is -1.52. The number of halogens is 2. The maximum Gasteiger partial charge on any atom is 0.196 e. The molecule has 21 heavy (non-hydrogen) atoms. The molecule has 0 saturated carbocycles. The standard InChI is InChI=1S/C16H15BrClN3/c1-16(13-4-2-3-5-14(13)17)10-20-15(19)21(16)12-8-6-11(18)7-9-12/h2-9H,10H2,1H3,(H2,19,20). The van der Waals surface area contributed by atoms with Gasteiger partial charge in [-0.15, -0.1) is 0 Å². The Bertz CT molecular complexity index is 699. The first-order valence-electron chi connectivity index (χ1n) is 6.63. The second-order valence-electron chi connectivity index (χ2n) is 5.24. The van der Waals surface area contributed by atoms with Crippen LogP contribution in [0.4, 0.5) is 5.69 Å². The van der Waals surface area contributed by atoms with Crippen LogP contribution in [0.2, 0.25) is 5.02 Å². The summed E-state index contributed by atoms with van der Waals surface area (Å²) in [6.07, 6.45) is 0. The van der Waals surface area contributed by atoms with Crippen molar-refractivity contribution in [1.29, 1.82) is 0 Å². The number of aliphatic imine (C=N–C) groups is 1. The Morgan fingerprint density at radius 1 is 1.19 bits per heavy atom. The van der Waals surface area contributed by atoms with Gasteiger partial charge >= 0.3 is 0 Å². The summed E-state index contributed by atoms with van der Waals surface area (Å²) in [4.78, 5) is 6.51. The highest BCUT2D eigenvalue weighted by atomic mass is 79.9. The van der Waals surface area contributed by atoms with Gasteiger partial charge in [-0.1, -0.05) is 45.7 Å². The van der Waals surface area contributed by atoms with E-state index in [0.717, 1.165) is 15.7 Å². The van der Waals surface area contributed by atoms with Crippen molar-refractivity contribution in [3.8, 4) is 0 Å². The van der Waals surface area contributed by atoms with Crippen molar-refractivity contribution in [3.05, 3.63) is 63.6 Å². The van der Waals surface area contributed by atoms with E-state index in [0.29, 0.717) is 17.5 Å². The zero-order valence-electron chi connectivity index (χ0n) is 11.6. The van der Waals surface area contributed by atoms with Gasteiger partial charge in [0.25, 0.3) is 0 Å². The summed E-state index contributed by atoms with van der Waals surface area (Å²) in [6, 6.07) is 15.8. The van der Waals surface area contributed by atoms with Crippen molar-refractivity contribution in [3.63, 3.8) is 0 Å². The SMILES string of the molecule is CC1(c2ccccc2Br)CN=C(N)N1c1ccc(Cl)cc1.